The fourth-order valence-corrected chi connectivity index (χ4v) is 4.42. The van der Waals surface area contributed by atoms with E-state index in [1.54, 1.807) is 12.5 Å². The number of nitrogen functional groups attached to an aromatic ring is 1. The minimum atomic E-state index is -2.47. The summed E-state index contributed by atoms with van der Waals surface area (Å²) in [4.78, 5) is 30.6. The third-order valence-corrected chi connectivity index (χ3v) is 6.13. The Labute approximate surface area is 199 Å². The fourth-order valence-electron chi connectivity index (χ4n) is 4.32. The van der Waals surface area contributed by atoms with Crippen molar-refractivity contribution in [3.05, 3.63) is 36.2 Å². The molecule has 4 rings (SSSR count). The van der Waals surface area contributed by atoms with E-state index in [0.29, 0.717) is 42.8 Å². The fraction of sp³-hybridized carbons (Fsp3) is 0.476. The van der Waals surface area contributed by atoms with Crippen LogP contribution in [0.5, 0.6) is 0 Å². The van der Waals surface area contributed by atoms with Gasteiger partial charge in [0.2, 0.25) is 12.3 Å². The van der Waals surface area contributed by atoms with Crippen LogP contribution in [0, 0.1) is 0 Å². The van der Waals surface area contributed by atoms with E-state index in [1.807, 2.05) is 15.5 Å². The molecular weight excluding hydrogens is 468 g/mol. The SMILES string of the molecule is Nc1ncnc2c1ncn2Cc1cc(CNC(=O)CCl)ncc1N1CCCC(N)(CC(F)F)C1. The Balaban J connectivity index is 1.68. The van der Waals surface area contributed by atoms with Crippen LogP contribution in [0.1, 0.15) is 30.5 Å². The molecule has 0 radical (unpaired) electrons. The summed E-state index contributed by atoms with van der Waals surface area (Å²) in [6.45, 7) is 1.52. The number of anilines is 2. The Kier molecular flexibility index (Phi) is 7.08. The molecule has 13 heteroatoms. The van der Waals surface area contributed by atoms with Gasteiger partial charge in [-0.25, -0.2) is 23.7 Å². The highest BCUT2D eigenvalue weighted by Gasteiger charge is 2.35. The lowest BCUT2D eigenvalue weighted by Gasteiger charge is -2.42. The van der Waals surface area contributed by atoms with Gasteiger partial charge in [0, 0.05) is 25.0 Å². The molecule has 4 heterocycles. The molecule has 1 atom stereocenters. The van der Waals surface area contributed by atoms with E-state index in [-0.39, 0.29) is 37.1 Å². The Morgan fingerprint density at radius 2 is 2.12 bits per heavy atom. The molecule has 1 saturated heterocycles. The van der Waals surface area contributed by atoms with Crippen LogP contribution in [0.15, 0.2) is 24.9 Å². The van der Waals surface area contributed by atoms with E-state index in [9.17, 15) is 13.6 Å². The van der Waals surface area contributed by atoms with E-state index in [1.165, 1.54) is 6.33 Å². The zero-order valence-corrected chi connectivity index (χ0v) is 19.2. The van der Waals surface area contributed by atoms with E-state index in [2.05, 4.69) is 25.3 Å². The van der Waals surface area contributed by atoms with Crippen molar-refractivity contribution in [2.75, 3.05) is 29.6 Å². The summed E-state index contributed by atoms with van der Waals surface area (Å²) in [5.41, 5.74) is 14.6. The Hall–Kier alpha value is -3.12. The first-order chi connectivity index (χ1) is 16.3. The highest BCUT2D eigenvalue weighted by Crippen LogP contribution is 2.31. The Morgan fingerprint density at radius 1 is 1.29 bits per heavy atom. The molecule has 182 valence electrons. The maximum atomic E-state index is 13.2. The highest BCUT2D eigenvalue weighted by atomic mass is 35.5. The molecule has 1 aliphatic heterocycles. The van der Waals surface area contributed by atoms with E-state index in [4.69, 9.17) is 23.1 Å². The first-order valence-electron chi connectivity index (χ1n) is 10.8. The number of nitrogens with zero attached hydrogens (tertiary/aromatic N) is 6. The first kappa shape index (κ1) is 24.0. The number of carbonyl (C=O) groups excluding carboxylic acids is 1. The number of aromatic nitrogens is 5. The van der Waals surface area contributed by atoms with Gasteiger partial charge in [0.05, 0.1) is 37.0 Å². The van der Waals surface area contributed by atoms with Gasteiger partial charge in [0.15, 0.2) is 11.5 Å². The summed E-state index contributed by atoms with van der Waals surface area (Å²) in [5, 5.41) is 2.70. The number of halogens is 3. The average molecular weight is 494 g/mol. The van der Waals surface area contributed by atoms with E-state index in [0.717, 1.165) is 11.3 Å². The van der Waals surface area contributed by atoms with Crippen molar-refractivity contribution in [3.63, 3.8) is 0 Å². The normalized spacial score (nSPS) is 18.6. The molecule has 0 saturated carbocycles. The van der Waals surface area contributed by atoms with Gasteiger partial charge in [-0.2, -0.15) is 0 Å². The zero-order valence-electron chi connectivity index (χ0n) is 18.4. The Bertz CT molecular complexity index is 1170. The minimum absolute atomic E-state index is 0.149. The predicted octanol–water partition coefficient (Wildman–Crippen LogP) is 1.66. The number of amides is 1. The second-order valence-electron chi connectivity index (χ2n) is 8.50. The number of nitrogens with one attached hydrogen (secondary N) is 1. The standard InChI is InChI=1S/C21H26ClF2N9O/c22-6-17(34)28-7-14-4-13(9-33-12-31-18-19(25)29-11-30-20(18)33)15(8-27-14)32-3-1-2-21(26,10-32)5-16(23)24/h4,8,11-12,16H,1-3,5-7,9-10,26H2,(H,28,34)(H2,25,29,30). The Morgan fingerprint density at radius 3 is 2.88 bits per heavy atom. The molecule has 1 aliphatic rings. The van der Waals surface area contributed by atoms with Crippen LogP contribution in [-0.2, 0) is 17.9 Å². The molecule has 1 fully saturated rings. The number of alkyl halides is 3. The van der Waals surface area contributed by atoms with Crippen LogP contribution in [-0.4, -0.2) is 61.3 Å². The number of carbonyl (C=O) groups is 1. The summed E-state index contributed by atoms with van der Waals surface area (Å²) in [7, 11) is 0. The first-order valence-corrected chi connectivity index (χ1v) is 11.4. The number of rotatable bonds is 8. The third-order valence-electron chi connectivity index (χ3n) is 5.89. The van der Waals surface area contributed by atoms with Gasteiger partial charge in [0.25, 0.3) is 0 Å². The number of piperidine rings is 1. The third kappa shape index (κ3) is 5.33. The van der Waals surface area contributed by atoms with Gasteiger partial charge < -0.3 is 26.3 Å². The lowest BCUT2D eigenvalue weighted by Crippen LogP contribution is -2.55. The van der Waals surface area contributed by atoms with Gasteiger partial charge in [-0.3, -0.25) is 9.78 Å². The summed E-state index contributed by atoms with van der Waals surface area (Å²) in [6.07, 6.45) is 3.06. The number of imidazole rings is 1. The summed E-state index contributed by atoms with van der Waals surface area (Å²) < 4.78 is 28.1. The average Bonchev–Trinajstić information content (AvgIpc) is 3.21. The molecule has 10 nitrogen and oxygen atoms in total. The maximum absolute atomic E-state index is 13.2. The smallest absolute Gasteiger partial charge is 0.240 e. The maximum Gasteiger partial charge on any atom is 0.240 e. The van der Waals surface area contributed by atoms with Crippen molar-refractivity contribution in [2.45, 2.75) is 44.3 Å². The largest absolute Gasteiger partial charge is 0.382 e. The van der Waals surface area contributed by atoms with Crippen LogP contribution in [0.4, 0.5) is 20.3 Å². The lowest BCUT2D eigenvalue weighted by atomic mass is 9.86. The van der Waals surface area contributed by atoms with Crippen molar-refractivity contribution in [3.8, 4) is 0 Å². The van der Waals surface area contributed by atoms with Crippen molar-refractivity contribution >= 4 is 40.2 Å². The quantitative estimate of drug-likeness (QED) is 0.402. The number of hydrogen-bond acceptors (Lipinski definition) is 8. The van der Waals surface area contributed by atoms with E-state index >= 15 is 0 Å². The van der Waals surface area contributed by atoms with E-state index < -0.39 is 12.0 Å². The van der Waals surface area contributed by atoms with Crippen LogP contribution in [0.3, 0.4) is 0 Å². The number of pyridine rings is 1. The molecule has 34 heavy (non-hydrogen) atoms. The lowest BCUT2D eigenvalue weighted by molar-refractivity contribution is -0.118. The molecular formula is C21H26ClF2N9O. The second-order valence-corrected chi connectivity index (χ2v) is 8.77. The predicted molar refractivity (Wildman–Crippen MR) is 125 cm³/mol. The van der Waals surface area contributed by atoms with Gasteiger partial charge >= 0.3 is 0 Å². The summed E-state index contributed by atoms with van der Waals surface area (Å²) in [5.74, 6) is -0.180. The van der Waals surface area contributed by atoms with Gasteiger partial charge in [0.1, 0.15) is 17.7 Å². The van der Waals surface area contributed by atoms with Crippen molar-refractivity contribution in [1.82, 2.24) is 29.8 Å². The molecule has 0 aromatic carbocycles. The molecule has 1 unspecified atom stereocenters. The monoisotopic (exact) mass is 493 g/mol. The van der Waals surface area contributed by atoms with Crippen LogP contribution in [0.25, 0.3) is 11.2 Å². The van der Waals surface area contributed by atoms with Gasteiger partial charge in [-0.1, -0.05) is 0 Å². The number of fused-ring (bicyclic) bond motifs is 1. The molecule has 5 N–H and O–H groups in total. The van der Waals surface area contributed by atoms with Crippen LogP contribution in [0.2, 0.25) is 0 Å². The zero-order chi connectivity index (χ0) is 24.3. The van der Waals surface area contributed by atoms with Gasteiger partial charge in [-0.15, -0.1) is 11.6 Å². The molecule has 1 amide bonds. The minimum Gasteiger partial charge on any atom is -0.382 e. The number of hydrogen-bond donors (Lipinski definition) is 3. The van der Waals surface area contributed by atoms with Crippen molar-refractivity contribution in [1.29, 1.82) is 0 Å². The topological polar surface area (TPSA) is 141 Å². The molecule has 0 spiro atoms. The van der Waals surface area contributed by atoms with Crippen molar-refractivity contribution < 1.29 is 13.6 Å². The molecule has 0 aliphatic carbocycles. The summed E-state index contributed by atoms with van der Waals surface area (Å²) in [6, 6.07) is 1.86. The highest BCUT2D eigenvalue weighted by molar-refractivity contribution is 6.27. The molecule has 3 aromatic heterocycles. The second kappa shape index (κ2) is 10.0. The molecule has 0 bridgehead atoms. The van der Waals surface area contributed by atoms with Crippen molar-refractivity contribution in [2.24, 2.45) is 5.73 Å². The molecule has 3 aromatic rings. The summed E-state index contributed by atoms with van der Waals surface area (Å²) >= 11 is 5.57. The van der Waals surface area contributed by atoms with Crippen LogP contribution >= 0.6 is 11.6 Å². The van der Waals surface area contributed by atoms with Crippen LogP contribution < -0.4 is 21.7 Å². The van der Waals surface area contributed by atoms with Gasteiger partial charge in [-0.05, 0) is 24.5 Å². The number of nitrogens with two attached hydrogens (primary N) is 2.